The summed E-state index contributed by atoms with van der Waals surface area (Å²) in [6.45, 7) is 4.31. The minimum absolute atomic E-state index is 0.169. The zero-order chi connectivity index (χ0) is 11.1. The van der Waals surface area contributed by atoms with E-state index in [1.165, 1.54) is 17.5 Å². The van der Waals surface area contributed by atoms with Crippen molar-refractivity contribution in [3.05, 3.63) is 29.3 Å². The van der Waals surface area contributed by atoms with Gasteiger partial charge in [-0.25, -0.2) is 0 Å². The summed E-state index contributed by atoms with van der Waals surface area (Å²) in [5.41, 5.74) is 8.68. The van der Waals surface area contributed by atoms with Crippen molar-refractivity contribution in [2.75, 3.05) is 7.11 Å². The number of methoxy groups -OCH3 is 1. The minimum Gasteiger partial charge on any atom is -0.496 e. The number of rotatable bonds is 2. The lowest BCUT2D eigenvalue weighted by Gasteiger charge is -2.46. The molecule has 0 radical (unpaired) electrons. The second-order valence-electron chi connectivity index (χ2n) is 4.68. The summed E-state index contributed by atoms with van der Waals surface area (Å²) in [5, 5.41) is 0. The lowest BCUT2D eigenvalue weighted by Crippen LogP contribution is -2.50. The molecule has 1 fully saturated rings. The molecule has 2 nitrogen and oxygen atoms in total. The van der Waals surface area contributed by atoms with Crippen LogP contribution in [-0.2, 0) is 5.54 Å². The predicted octanol–water partition coefficient (Wildman–Crippen LogP) is 2.59. The van der Waals surface area contributed by atoms with E-state index in [2.05, 4.69) is 26.0 Å². The summed E-state index contributed by atoms with van der Waals surface area (Å²) in [6.07, 6.45) is 2.28. The number of ether oxygens (including phenoxy) is 1. The van der Waals surface area contributed by atoms with Crippen LogP contribution in [0.2, 0.25) is 0 Å². The monoisotopic (exact) mass is 205 g/mol. The van der Waals surface area contributed by atoms with Crippen molar-refractivity contribution in [1.29, 1.82) is 0 Å². The van der Waals surface area contributed by atoms with E-state index in [1.54, 1.807) is 7.11 Å². The van der Waals surface area contributed by atoms with Crippen LogP contribution in [0, 0.1) is 12.8 Å². The maximum absolute atomic E-state index is 6.43. The van der Waals surface area contributed by atoms with Crippen LogP contribution in [0.5, 0.6) is 5.75 Å². The van der Waals surface area contributed by atoms with Crippen molar-refractivity contribution in [2.24, 2.45) is 11.7 Å². The molecule has 2 heteroatoms. The first-order chi connectivity index (χ1) is 7.08. The molecule has 0 heterocycles. The fourth-order valence-corrected chi connectivity index (χ4v) is 2.33. The minimum atomic E-state index is -0.169. The highest BCUT2D eigenvalue weighted by molar-refractivity contribution is 5.43. The summed E-state index contributed by atoms with van der Waals surface area (Å²) >= 11 is 0. The van der Waals surface area contributed by atoms with Gasteiger partial charge in [0, 0.05) is 11.1 Å². The van der Waals surface area contributed by atoms with Gasteiger partial charge in [-0.1, -0.05) is 24.6 Å². The largest absolute Gasteiger partial charge is 0.496 e. The number of hydrogen-bond donors (Lipinski definition) is 1. The summed E-state index contributed by atoms with van der Waals surface area (Å²) in [7, 11) is 1.71. The first-order valence-electron chi connectivity index (χ1n) is 5.52. The third kappa shape index (κ3) is 1.53. The number of aryl methyl sites for hydroxylation is 1. The Morgan fingerprint density at radius 2 is 2.20 bits per heavy atom. The second kappa shape index (κ2) is 3.53. The number of hydrogen-bond acceptors (Lipinski definition) is 2. The van der Waals surface area contributed by atoms with Crippen molar-refractivity contribution in [2.45, 2.75) is 32.2 Å². The molecule has 1 aliphatic rings. The first-order valence-corrected chi connectivity index (χ1v) is 5.52. The number of nitrogens with two attached hydrogens (primary N) is 1. The van der Waals surface area contributed by atoms with Gasteiger partial charge in [-0.2, -0.15) is 0 Å². The average molecular weight is 205 g/mol. The highest BCUT2D eigenvalue weighted by Gasteiger charge is 2.43. The van der Waals surface area contributed by atoms with E-state index in [0.29, 0.717) is 5.92 Å². The van der Waals surface area contributed by atoms with Gasteiger partial charge in [-0.15, -0.1) is 0 Å². The molecule has 82 valence electrons. The van der Waals surface area contributed by atoms with E-state index in [1.807, 2.05) is 6.07 Å². The van der Waals surface area contributed by atoms with Crippen LogP contribution in [0.15, 0.2) is 18.2 Å². The molecule has 0 spiro atoms. The van der Waals surface area contributed by atoms with Gasteiger partial charge >= 0.3 is 0 Å². The maximum Gasteiger partial charge on any atom is 0.123 e. The van der Waals surface area contributed by atoms with Crippen LogP contribution in [0.4, 0.5) is 0 Å². The normalized spacial score (nSPS) is 29.7. The van der Waals surface area contributed by atoms with Gasteiger partial charge in [0.15, 0.2) is 0 Å². The Balaban J connectivity index is 2.46. The molecule has 0 aliphatic heterocycles. The van der Waals surface area contributed by atoms with Crippen molar-refractivity contribution in [1.82, 2.24) is 0 Å². The zero-order valence-electron chi connectivity index (χ0n) is 9.71. The molecule has 0 saturated heterocycles. The van der Waals surface area contributed by atoms with E-state index < -0.39 is 0 Å². The average Bonchev–Trinajstić information content (AvgIpc) is 2.26. The van der Waals surface area contributed by atoms with E-state index in [9.17, 15) is 0 Å². The molecular formula is C13H19NO. The standard InChI is InChI=1S/C13H19NO/c1-9-4-5-12(15-3)11(8-9)13(14)7-6-10(13)2/h4-5,8,10H,6-7,14H2,1-3H3. The molecule has 0 amide bonds. The zero-order valence-corrected chi connectivity index (χ0v) is 9.71. The fourth-order valence-electron chi connectivity index (χ4n) is 2.33. The van der Waals surface area contributed by atoms with Crippen LogP contribution in [0.3, 0.4) is 0 Å². The van der Waals surface area contributed by atoms with E-state index in [4.69, 9.17) is 10.5 Å². The van der Waals surface area contributed by atoms with Crippen LogP contribution >= 0.6 is 0 Å². The quantitative estimate of drug-likeness (QED) is 0.805. The van der Waals surface area contributed by atoms with Crippen molar-refractivity contribution in [3.8, 4) is 5.75 Å². The number of benzene rings is 1. The van der Waals surface area contributed by atoms with Gasteiger partial charge in [-0.3, -0.25) is 0 Å². The molecule has 1 aromatic carbocycles. The first kappa shape index (κ1) is 10.5. The Kier molecular flexibility index (Phi) is 2.47. The van der Waals surface area contributed by atoms with Gasteiger partial charge in [0.05, 0.1) is 7.11 Å². The van der Waals surface area contributed by atoms with Gasteiger partial charge in [0.25, 0.3) is 0 Å². The molecule has 2 N–H and O–H groups in total. The van der Waals surface area contributed by atoms with Gasteiger partial charge in [0.1, 0.15) is 5.75 Å². The van der Waals surface area contributed by atoms with E-state index in [0.717, 1.165) is 12.2 Å². The van der Waals surface area contributed by atoms with E-state index in [-0.39, 0.29) is 5.54 Å². The molecular weight excluding hydrogens is 186 g/mol. The molecule has 1 aromatic rings. The highest BCUT2D eigenvalue weighted by Crippen LogP contribution is 2.47. The molecule has 0 bridgehead atoms. The van der Waals surface area contributed by atoms with Crippen LogP contribution in [0.25, 0.3) is 0 Å². The van der Waals surface area contributed by atoms with Crippen LogP contribution in [0.1, 0.15) is 30.9 Å². The smallest absolute Gasteiger partial charge is 0.123 e. The molecule has 2 rings (SSSR count). The third-order valence-electron chi connectivity index (χ3n) is 3.73. The molecule has 1 saturated carbocycles. The Labute approximate surface area is 91.4 Å². The van der Waals surface area contributed by atoms with Gasteiger partial charge < -0.3 is 10.5 Å². The lowest BCUT2D eigenvalue weighted by molar-refractivity contribution is 0.140. The highest BCUT2D eigenvalue weighted by atomic mass is 16.5. The summed E-state index contributed by atoms with van der Waals surface area (Å²) in [4.78, 5) is 0. The summed E-state index contributed by atoms with van der Waals surface area (Å²) in [5.74, 6) is 1.47. The summed E-state index contributed by atoms with van der Waals surface area (Å²) in [6, 6.07) is 6.24. The lowest BCUT2D eigenvalue weighted by atomic mass is 9.64. The van der Waals surface area contributed by atoms with Gasteiger partial charge in [-0.05, 0) is 31.7 Å². The third-order valence-corrected chi connectivity index (χ3v) is 3.73. The fraction of sp³-hybridized carbons (Fsp3) is 0.538. The Morgan fingerprint density at radius 1 is 1.47 bits per heavy atom. The molecule has 15 heavy (non-hydrogen) atoms. The topological polar surface area (TPSA) is 35.2 Å². The van der Waals surface area contributed by atoms with Crippen LogP contribution < -0.4 is 10.5 Å². The Bertz CT molecular complexity index is 375. The van der Waals surface area contributed by atoms with Crippen LogP contribution in [-0.4, -0.2) is 7.11 Å². The van der Waals surface area contributed by atoms with Crippen molar-refractivity contribution >= 4 is 0 Å². The Morgan fingerprint density at radius 3 is 2.67 bits per heavy atom. The summed E-state index contributed by atoms with van der Waals surface area (Å²) < 4.78 is 5.39. The van der Waals surface area contributed by atoms with E-state index >= 15 is 0 Å². The van der Waals surface area contributed by atoms with Crippen molar-refractivity contribution in [3.63, 3.8) is 0 Å². The molecule has 0 aromatic heterocycles. The Hall–Kier alpha value is -1.02. The maximum atomic E-state index is 6.43. The predicted molar refractivity (Wildman–Crippen MR) is 62.0 cm³/mol. The molecule has 1 aliphatic carbocycles. The van der Waals surface area contributed by atoms with Gasteiger partial charge in [0.2, 0.25) is 0 Å². The molecule has 2 atom stereocenters. The van der Waals surface area contributed by atoms with Crippen molar-refractivity contribution < 1.29 is 4.74 Å². The SMILES string of the molecule is COc1ccc(C)cc1C1(N)CCC1C. The molecule has 2 unspecified atom stereocenters. The second-order valence-corrected chi connectivity index (χ2v) is 4.68.